The maximum Gasteiger partial charge on any atom is 0.0583 e. The quantitative estimate of drug-likeness (QED) is 0.649. The fourth-order valence-corrected chi connectivity index (χ4v) is 1.02. The van der Waals surface area contributed by atoms with Crippen molar-refractivity contribution in [2.45, 2.75) is 45.2 Å². The van der Waals surface area contributed by atoms with Gasteiger partial charge < -0.3 is 15.7 Å². The van der Waals surface area contributed by atoms with Crippen molar-refractivity contribution in [3.05, 3.63) is 0 Å². The van der Waals surface area contributed by atoms with Gasteiger partial charge in [0, 0.05) is 11.6 Å². The maximum absolute atomic E-state index is 8.76. The summed E-state index contributed by atoms with van der Waals surface area (Å²) in [5.74, 6) is 0. The molecule has 0 saturated heterocycles. The lowest BCUT2D eigenvalue weighted by molar-refractivity contribution is 0.140. The van der Waals surface area contributed by atoms with Gasteiger partial charge in [0.2, 0.25) is 0 Å². The van der Waals surface area contributed by atoms with Crippen LogP contribution in [0, 0.1) is 0 Å². The minimum absolute atomic E-state index is 0.0740. The van der Waals surface area contributed by atoms with E-state index in [2.05, 4.69) is 32.7 Å². The van der Waals surface area contributed by atoms with E-state index in [1.165, 1.54) is 0 Å². The number of nitrogens with zero attached hydrogens (tertiary/aromatic N) is 1. The van der Waals surface area contributed by atoms with Crippen molar-refractivity contribution in [3.8, 4) is 0 Å². The van der Waals surface area contributed by atoms with Crippen molar-refractivity contribution >= 4 is 0 Å². The number of aliphatic hydroxyl groups excluding tert-OH is 1. The summed E-state index contributed by atoms with van der Waals surface area (Å²) in [5.41, 5.74) is 5.86. The van der Waals surface area contributed by atoms with Crippen LogP contribution in [0.25, 0.3) is 0 Å². The molecule has 1 atom stereocenters. The van der Waals surface area contributed by atoms with Gasteiger partial charge in [-0.3, -0.25) is 0 Å². The first-order valence-electron chi connectivity index (χ1n) is 5.01. The van der Waals surface area contributed by atoms with E-state index in [1.54, 1.807) is 0 Å². The van der Waals surface area contributed by atoms with E-state index in [-0.39, 0.29) is 18.2 Å². The second kappa shape index (κ2) is 5.58. The normalized spacial score (nSPS) is 15.0. The minimum Gasteiger partial charge on any atom is -0.395 e. The van der Waals surface area contributed by atoms with Crippen LogP contribution >= 0.6 is 0 Å². The van der Waals surface area contributed by atoms with Crippen LogP contribution < -0.4 is 5.73 Å². The van der Waals surface area contributed by atoms with Crippen molar-refractivity contribution < 1.29 is 5.11 Å². The van der Waals surface area contributed by atoms with Crippen molar-refractivity contribution in [1.82, 2.24) is 4.90 Å². The largest absolute Gasteiger partial charge is 0.395 e. The molecule has 13 heavy (non-hydrogen) atoms. The number of nitrogens with two attached hydrogens (primary N) is 1. The highest BCUT2D eigenvalue weighted by Gasteiger charge is 2.20. The lowest BCUT2D eigenvalue weighted by atomic mass is 9.99. The molecule has 0 bridgehead atoms. The van der Waals surface area contributed by atoms with Gasteiger partial charge in [-0.25, -0.2) is 0 Å². The summed E-state index contributed by atoms with van der Waals surface area (Å²) in [5, 5.41) is 8.76. The van der Waals surface area contributed by atoms with Crippen LogP contribution in [0.5, 0.6) is 0 Å². The maximum atomic E-state index is 8.76. The molecule has 0 aromatic rings. The van der Waals surface area contributed by atoms with E-state index in [0.29, 0.717) is 0 Å². The summed E-state index contributed by atoms with van der Waals surface area (Å²) in [7, 11) is 2.10. The van der Waals surface area contributed by atoms with Gasteiger partial charge in [-0.1, -0.05) is 6.92 Å². The lowest BCUT2D eigenvalue weighted by Crippen LogP contribution is -2.42. The van der Waals surface area contributed by atoms with Crippen LogP contribution in [-0.4, -0.2) is 41.8 Å². The smallest absolute Gasteiger partial charge is 0.0583 e. The Kier molecular flexibility index (Phi) is 5.53. The van der Waals surface area contributed by atoms with Gasteiger partial charge in [-0.05, 0) is 40.3 Å². The topological polar surface area (TPSA) is 49.5 Å². The molecule has 80 valence electrons. The van der Waals surface area contributed by atoms with Crippen molar-refractivity contribution in [2.24, 2.45) is 5.73 Å². The standard InChI is InChI=1S/C10H24N2O/c1-5-10(2,3)12(4)7-6-9(11)8-13/h9,13H,5-8,11H2,1-4H3. The molecule has 0 radical (unpaired) electrons. The second-order valence-corrected chi connectivity index (χ2v) is 4.32. The average molecular weight is 188 g/mol. The zero-order valence-electron chi connectivity index (χ0n) is 9.38. The van der Waals surface area contributed by atoms with Crippen LogP contribution in [0.3, 0.4) is 0 Å². The molecule has 3 nitrogen and oxygen atoms in total. The van der Waals surface area contributed by atoms with E-state index < -0.39 is 0 Å². The summed E-state index contributed by atoms with van der Waals surface area (Å²) >= 11 is 0. The molecule has 0 saturated carbocycles. The molecule has 0 heterocycles. The third-order valence-electron chi connectivity index (χ3n) is 2.97. The fourth-order valence-electron chi connectivity index (χ4n) is 1.02. The Morgan fingerprint density at radius 2 is 2.00 bits per heavy atom. The Bertz CT molecular complexity index is 137. The Hall–Kier alpha value is -0.120. The molecule has 1 unspecified atom stereocenters. The predicted molar refractivity (Wildman–Crippen MR) is 56.7 cm³/mol. The van der Waals surface area contributed by atoms with E-state index in [9.17, 15) is 0 Å². The Balaban J connectivity index is 3.80. The van der Waals surface area contributed by atoms with E-state index >= 15 is 0 Å². The number of aliphatic hydroxyl groups is 1. The molecule has 3 heteroatoms. The first-order chi connectivity index (χ1) is 5.94. The third kappa shape index (κ3) is 4.60. The van der Waals surface area contributed by atoms with Gasteiger partial charge in [0.15, 0.2) is 0 Å². The minimum atomic E-state index is -0.0740. The molecule has 0 aliphatic rings. The van der Waals surface area contributed by atoms with Gasteiger partial charge >= 0.3 is 0 Å². The van der Waals surface area contributed by atoms with Gasteiger partial charge in [0.1, 0.15) is 0 Å². The Labute approximate surface area is 81.9 Å². The number of hydrogen-bond acceptors (Lipinski definition) is 3. The molecule has 0 rings (SSSR count). The first kappa shape index (κ1) is 12.9. The molecular formula is C10H24N2O. The number of rotatable bonds is 6. The molecule has 0 fully saturated rings. The molecule has 0 aromatic carbocycles. The van der Waals surface area contributed by atoms with Crippen LogP contribution in [0.1, 0.15) is 33.6 Å². The summed E-state index contributed by atoms with van der Waals surface area (Å²) in [6.45, 7) is 7.65. The van der Waals surface area contributed by atoms with E-state index in [1.807, 2.05) is 0 Å². The average Bonchev–Trinajstić information content (AvgIpc) is 2.13. The van der Waals surface area contributed by atoms with Crippen molar-refractivity contribution in [2.75, 3.05) is 20.2 Å². The van der Waals surface area contributed by atoms with Crippen molar-refractivity contribution in [3.63, 3.8) is 0 Å². The van der Waals surface area contributed by atoms with Crippen LogP contribution in [0.2, 0.25) is 0 Å². The second-order valence-electron chi connectivity index (χ2n) is 4.32. The van der Waals surface area contributed by atoms with E-state index in [4.69, 9.17) is 10.8 Å². The monoisotopic (exact) mass is 188 g/mol. The van der Waals surface area contributed by atoms with Gasteiger partial charge in [-0.2, -0.15) is 0 Å². The zero-order chi connectivity index (χ0) is 10.5. The lowest BCUT2D eigenvalue weighted by Gasteiger charge is -2.35. The number of hydrogen-bond donors (Lipinski definition) is 2. The molecule has 0 aromatic heterocycles. The molecular weight excluding hydrogens is 164 g/mol. The highest BCUT2D eigenvalue weighted by Crippen LogP contribution is 2.16. The fraction of sp³-hybridized carbons (Fsp3) is 1.00. The van der Waals surface area contributed by atoms with Crippen LogP contribution in [0.15, 0.2) is 0 Å². The molecule has 0 amide bonds. The highest BCUT2D eigenvalue weighted by molar-refractivity contribution is 4.78. The molecule has 0 aliphatic carbocycles. The third-order valence-corrected chi connectivity index (χ3v) is 2.97. The zero-order valence-corrected chi connectivity index (χ0v) is 9.38. The Morgan fingerprint density at radius 1 is 1.46 bits per heavy atom. The summed E-state index contributed by atoms with van der Waals surface area (Å²) in [4.78, 5) is 2.29. The first-order valence-corrected chi connectivity index (χ1v) is 5.01. The summed E-state index contributed by atoms with van der Waals surface area (Å²) < 4.78 is 0. The molecule has 0 aliphatic heterocycles. The van der Waals surface area contributed by atoms with Crippen molar-refractivity contribution in [1.29, 1.82) is 0 Å². The van der Waals surface area contributed by atoms with Crippen LogP contribution in [-0.2, 0) is 0 Å². The molecule has 3 N–H and O–H groups in total. The SMILES string of the molecule is CCC(C)(C)N(C)CCC(N)CO. The highest BCUT2D eigenvalue weighted by atomic mass is 16.3. The predicted octanol–water partition coefficient (Wildman–Crippen LogP) is 0.816. The van der Waals surface area contributed by atoms with Gasteiger partial charge in [-0.15, -0.1) is 0 Å². The summed E-state index contributed by atoms with van der Waals surface area (Å²) in [6, 6.07) is -0.0740. The molecule has 0 spiro atoms. The van der Waals surface area contributed by atoms with Gasteiger partial charge in [0.05, 0.1) is 6.61 Å². The Morgan fingerprint density at radius 3 is 2.38 bits per heavy atom. The van der Waals surface area contributed by atoms with E-state index in [0.717, 1.165) is 19.4 Å². The van der Waals surface area contributed by atoms with Gasteiger partial charge in [0.25, 0.3) is 0 Å². The summed E-state index contributed by atoms with van der Waals surface area (Å²) in [6.07, 6.45) is 1.98. The van der Waals surface area contributed by atoms with Crippen LogP contribution in [0.4, 0.5) is 0 Å².